The summed E-state index contributed by atoms with van der Waals surface area (Å²) in [6, 6.07) is 4.45. The summed E-state index contributed by atoms with van der Waals surface area (Å²) in [4.78, 5) is 13.6. The molecule has 2 N–H and O–H groups in total. The molecular formula is C13H14ClF3N2O. The van der Waals surface area contributed by atoms with Crippen LogP contribution in [-0.2, 0) is 0 Å². The first kappa shape index (κ1) is 15.0. The zero-order valence-electron chi connectivity index (χ0n) is 10.6. The molecule has 3 nitrogen and oxygen atoms in total. The Morgan fingerprint density at radius 1 is 1.25 bits per heavy atom. The van der Waals surface area contributed by atoms with E-state index in [1.165, 1.54) is 23.1 Å². The van der Waals surface area contributed by atoms with Crippen LogP contribution in [0, 0.1) is 5.92 Å². The number of amides is 1. The molecule has 1 amide bonds. The van der Waals surface area contributed by atoms with Crippen LogP contribution >= 0.6 is 11.6 Å². The maximum absolute atomic E-state index is 12.6. The number of piperidine rings is 1. The van der Waals surface area contributed by atoms with Crippen LogP contribution in [0.4, 0.5) is 18.9 Å². The highest BCUT2D eigenvalue weighted by Crippen LogP contribution is 2.34. The lowest BCUT2D eigenvalue weighted by molar-refractivity contribution is -0.183. The van der Waals surface area contributed by atoms with Crippen molar-refractivity contribution in [3.05, 3.63) is 28.8 Å². The molecule has 7 heteroatoms. The molecular weight excluding hydrogens is 293 g/mol. The van der Waals surface area contributed by atoms with E-state index in [2.05, 4.69) is 0 Å². The zero-order valence-corrected chi connectivity index (χ0v) is 11.3. The van der Waals surface area contributed by atoms with Crippen LogP contribution in [0.1, 0.15) is 23.2 Å². The van der Waals surface area contributed by atoms with Crippen molar-refractivity contribution in [2.24, 2.45) is 5.92 Å². The molecule has 1 aliphatic rings. The average molecular weight is 307 g/mol. The van der Waals surface area contributed by atoms with E-state index < -0.39 is 12.1 Å². The van der Waals surface area contributed by atoms with Gasteiger partial charge in [0.25, 0.3) is 5.91 Å². The molecule has 0 aromatic heterocycles. The normalized spacial score (nSPS) is 17.3. The number of halogens is 4. The van der Waals surface area contributed by atoms with Gasteiger partial charge in [-0.25, -0.2) is 0 Å². The molecule has 0 saturated carbocycles. The molecule has 0 atom stereocenters. The van der Waals surface area contributed by atoms with Gasteiger partial charge in [0.1, 0.15) is 0 Å². The molecule has 1 aromatic rings. The van der Waals surface area contributed by atoms with Gasteiger partial charge in [-0.2, -0.15) is 13.2 Å². The highest BCUT2D eigenvalue weighted by atomic mass is 35.5. The molecule has 0 unspecified atom stereocenters. The first-order valence-electron chi connectivity index (χ1n) is 6.19. The third-order valence-corrected chi connectivity index (χ3v) is 3.63. The summed E-state index contributed by atoms with van der Waals surface area (Å²) in [5, 5.41) is 0.332. The van der Waals surface area contributed by atoms with Crippen molar-refractivity contribution in [1.82, 2.24) is 4.90 Å². The van der Waals surface area contributed by atoms with Gasteiger partial charge in [-0.05, 0) is 31.0 Å². The molecule has 1 saturated heterocycles. The van der Waals surface area contributed by atoms with Crippen molar-refractivity contribution in [3.63, 3.8) is 0 Å². The van der Waals surface area contributed by atoms with Gasteiger partial charge < -0.3 is 10.6 Å². The van der Waals surface area contributed by atoms with Crippen LogP contribution in [0.25, 0.3) is 0 Å². The second kappa shape index (κ2) is 5.52. The van der Waals surface area contributed by atoms with Gasteiger partial charge in [-0.3, -0.25) is 4.79 Å². The summed E-state index contributed by atoms with van der Waals surface area (Å²) in [6.07, 6.45) is -4.31. The van der Waals surface area contributed by atoms with E-state index in [4.69, 9.17) is 17.3 Å². The first-order chi connectivity index (χ1) is 9.27. The van der Waals surface area contributed by atoms with E-state index in [0.29, 0.717) is 16.3 Å². The Labute approximate surface area is 119 Å². The second-order valence-electron chi connectivity index (χ2n) is 4.88. The van der Waals surface area contributed by atoms with Crippen molar-refractivity contribution < 1.29 is 18.0 Å². The smallest absolute Gasteiger partial charge is 0.391 e. The van der Waals surface area contributed by atoms with E-state index in [9.17, 15) is 18.0 Å². The van der Waals surface area contributed by atoms with Gasteiger partial charge >= 0.3 is 6.18 Å². The van der Waals surface area contributed by atoms with Gasteiger partial charge in [0.2, 0.25) is 0 Å². The number of nitrogen functional groups attached to an aromatic ring is 1. The van der Waals surface area contributed by atoms with Gasteiger partial charge in [0.05, 0.1) is 5.92 Å². The fourth-order valence-electron chi connectivity index (χ4n) is 2.33. The quantitative estimate of drug-likeness (QED) is 0.809. The predicted molar refractivity (Wildman–Crippen MR) is 70.5 cm³/mol. The maximum Gasteiger partial charge on any atom is 0.391 e. The van der Waals surface area contributed by atoms with Crippen molar-refractivity contribution in [1.29, 1.82) is 0 Å². The Balaban J connectivity index is 2.05. The fraction of sp³-hybridized carbons (Fsp3) is 0.462. The molecule has 1 fully saturated rings. The van der Waals surface area contributed by atoms with E-state index in [1.54, 1.807) is 0 Å². The molecule has 20 heavy (non-hydrogen) atoms. The standard InChI is InChI=1S/C13H14ClF3N2O/c14-10-5-8(6-11(18)7-10)12(20)19-3-1-9(2-4-19)13(15,16)17/h5-7,9H,1-4,18H2. The van der Waals surface area contributed by atoms with E-state index in [0.717, 1.165) is 0 Å². The summed E-state index contributed by atoms with van der Waals surface area (Å²) in [6.45, 7) is 0.185. The van der Waals surface area contributed by atoms with Crippen LogP contribution < -0.4 is 5.73 Å². The largest absolute Gasteiger partial charge is 0.399 e. The monoisotopic (exact) mass is 306 g/mol. The molecule has 1 aliphatic heterocycles. The van der Waals surface area contributed by atoms with Crippen molar-refractivity contribution in [3.8, 4) is 0 Å². The summed E-state index contributed by atoms with van der Waals surface area (Å²) < 4.78 is 37.7. The van der Waals surface area contributed by atoms with Gasteiger partial charge in [-0.15, -0.1) is 0 Å². The molecule has 0 spiro atoms. The summed E-state index contributed by atoms with van der Waals surface area (Å²) in [5.74, 6) is -1.66. The minimum Gasteiger partial charge on any atom is -0.399 e. The summed E-state index contributed by atoms with van der Waals surface area (Å²) in [7, 11) is 0. The van der Waals surface area contributed by atoms with Crippen LogP contribution in [0.15, 0.2) is 18.2 Å². The Morgan fingerprint density at radius 2 is 1.85 bits per heavy atom. The summed E-state index contributed by atoms with van der Waals surface area (Å²) >= 11 is 5.82. The lowest BCUT2D eigenvalue weighted by atomic mass is 9.96. The number of hydrogen-bond acceptors (Lipinski definition) is 2. The predicted octanol–water partition coefficient (Wildman–Crippen LogP) is 3.34. The van der Waals surface area contributed by atoms with Crippen molar-refractivity contribution in [2.75, 3.05) is 18.8 Å². The summed E-state index contributed by atoms with van der Waals surface area (Å²) in [5.41, 5.74) is 6.26. The van der Waals surface area contributed by atoms with Crippen molar-refractivity contribution in [2.45, 2.75) is 19.0 Å². The maximum atomic E-state index is 12.6. The molecule has 0 bridgehead atoms. The first-order valence-corrected chi connectivity index (χ1v) is 6.57. The zero-order chi connectivity index (χ0) is 14.9. The van der Waals surface area contributed by atoms with Crippen LogP contribution in [0.3, 0.4) is 0 Å². The third-order valence-electron chi connectivity index (χ3n) is 3.41. The van der Waals surface area contributed by atoms with E-state index in [1.807, 2.05) is 0 Å². The highest BCUT2D eigenvalue weighted by molar-refractivity contribution is 6.31. The van der Waals surface area contributed by atoms with Crippen LogP contribution in [0.5, 0.6) is 0 Å². The molecule has 0 aliphatic carbocycles. The third kappa shape index (κ3) is 3.36. The number of carbonyl (C=O) groups excluding carboxylic acids is 1. The molecule has 1 heterocycles. The number of nitrogens with two attached hydrogens (primary N) is 1. The van der Waals surface area contributed by atoms with Gasteiger partial charge in [0.15, 0.2) is 0 Å². The van der Waals surface area contributed by atoms with Crippen LogP contribution in [-0.4, -0.2) is 30.1 Å². The minimum absolute atomic E-state index is 0.0642. The van der Waals surface area contributed by atoms with E-state index >= 15 is 0 Å². The van der Waals surface area contributed by atoms with Crippen LogP contribution in [0.2, 0.25) is 5.02 Å². The lowest BCUT2D eigenvalue weighted by Gasteiger charge is -2.33. The molecule has 1 aromatic carbocycles. The SMILES string of the molecule is Nc1cc(Cl)cc(C(=O)N2CCC(C(F)(F)F)CC2)c1. The van der Waals surface area contributed by atoms with Crippen molar-refractivity contribution >= 4 is 23.2 Å². The molecule has 2 rings (SSSR count). The number of likely N-dealkylation sites (tertiary alicyclic amines) is 1. The number of rotatable bonds is 1. The Bertz CT molecular complexity index is 491. The number of benzene rings is 1. The highest BCUT2D eigenvalue weighted by Gasteiger charge is 2.41. The topological polar surface area (TPSA) is 46.3 Å². The second-order valence-corrected chi connectivity index (χ2v) is 5.32. The Kier molecular flexibility index (Phi) is 4.13. The number of carbonyl (C=O) groups is 1. The number of anilines is 1. The minimum atomic E-state index is -4.18. The Hall–Kier alpha value is -1.43. The number of alkyl halides is 3. The Morgan fingerprint density at radius 3 is 2.35 bits per heavy atom. The average Bonchev–Trinajstić information content (AvgIpc) is 2.36. The van der Waals surface area contributed by atoms with E-state index in [-0.39, 0.29) is 31.8 Å². The fourth-order valence-corrected chi connectivity index (χ4v) is 2.57. The van der Waals surface area contributed by atoms with Gasteiger partial charge in [-0.1, -0.05) is 11.6 Å². The number of nitrogens with zero attached hydrogens (tertiary/aromatic N) is 1. The van der Waals surface area contributed by atoms with Gasteiger partial charge in [0, 0.05) is 29.4 Å². The lowest BCUT2D eigenvalue weighted by Crippen LogP contribution is -2.42. The number of hydrogen-bond donors (Lipinski definition) is 1. The molecule has 110 valence electrons. The molecule has 0 radical (unpaired) electrons.